The van der Waals surface area contributed by atoms with Crippen LogP contribution < -0.4 is 5.32 Å². The molecular weight excluding hydrogens is 454 g/mol. The Kier molecular flexibility index (Phi) is 9.28. The second kappa shape index (κ2) is 11.7. The molecule has 1 aliphatic rings. The van der Waals surface area contributed by atoms with Gasteiger partial charge in [-0.05, 0) is 48.2 Å². The Balaban J connectivity index is 0.00000199. The second-order valence-corrected chi connectivity index (χ2v) is 7.68. The van der Waals surface area contributed by atoms with E-state index in [1.807, 2.05) is 13.8 Å². The average molecular weight is 484 g/mol. The molecule has 1 aliphatic heterocycles. The number of alkyl halides is 3. The Labute approximate surface area is 196 Å². The van der Waals surface area contributed by atoms with E-state index in [2.05, 4.69) is 5.32 Å². The number of urea groups is 1. The van der Waals surface area contributed by atoms with Crippen LogP contribution in [0.25, 0.3) is 0 Å². The Hall–Kier alpha value is -3.30. The van der Waals surface area contributed by atoms with Gasteiger partial charge < -0.3 is 20.2 Å². The van der Waals surface area contributed by atoms with Crippen molar-refractivity contribution in [2.24, 2.45) is 0 Å². The van der Waals surface area contributed by atoms with Crippen LogP contribution in [0.4, 0.5) is 22.4 Å². The van der Waals surface area contributed by atoms with Crippen molar-refractivity contribution in [2.75, 3.05) is 13.6 Å². The highest BCUT2D eigenvalue weighted by atomic mass is 19.4. The standard InChI is InChI=1S/C22H23F4N3O3.C2H6/c1-28(13-14-4-7-16(30)8-5-14)20(31)19-3-2-10-29(19)21(32)27-12-15-6-9-17(18(23)11-15)22(24,25)26;1-2/h4-9,11,19,30H,2-3,10,12-13H2,1H3,(H,27,32);1-2H3. The van der Waals surface area contributed by atoms with Crippen molar-refractivity contribution in [2.45, 2.75) is 52.0 Å². The summed E-state index contributed by atoms with van der Waals surface area (Å²) in [7, 11) is 1.62. The van der Waals surface area contributed by atoms with Gasteiger partial charge in [0.15, 0.2) is 0 Å². The number of carbonyl (C=O) groups excluding carboxylic acids is 2. The van der Waals surface area contributed by atoms with Crippen molar-refractivity contribution in [3.63, 3.8) is 0 Å². The van der Waals surface area contributed by atoms with E-state index in [9.17, 15) is 32.3 Å². The fourth-order valence-corrected chi connectivity index (χ4v) is 3.65. The highest BCUT2D eigenvalue weighted by molar-refractivity contribution is 5.87. The maximum Gasteiger partial charge on any atom is 0.419 e. The number of phenols is 1. The van der Waals surface area contributed by atoms with Crippen LogP contribution in [0, 0.1) is 5.82 Å². The Bertz CT molecular complexity index is 980. The minimum atomic E-state index is -4.79. The molecule has 3 amide bonds. The summed E-state index contributed by atoms with van der Waals surface area (Å²) < 4.78 is 51.7. The third-order valence-electron chi connectivity index (χ3n) is 5.31. The topological polar surface area (TPSA) is 72.9 Å². The first-order chi connectivity index (χ1) is 16.1. The van der Waals surface area contributed by atoms with Crippen LogP contribution in [0.15, 0.2) is 42.5 Å². The summed E-state index contributed by atoms with van der Waals surface area (Å²) in [5.74, 6) is -1.53. The number of aromatic hydroxyl groups is 1. The second-order valence-electron chi connectivity index (χ2n) is 7.68. The molecule has 6 nitrogen and oxygen atoms in total. The fraction of sp³-hybridized carbons (Fsp3) is 0.417. The van der Waals surface area contributed by atoms with Gasteiger partial charge >= 0.3 is 12.2 Å². The van der Waals surface area contributed by atoms with Crippen molar-refractivity contribution in [1.29, 1.82) is 0 Å². The quantitative estimate of drug-likeness (QED) is 0.594. The van der Waals surface area contributed by atoms with E-state index in [-0.39, 0.29) is 23.8 Å². The number of carbonyl (C=O) groups is 2. The molecule has 3 rings (SSSR count). The molecule has 0 saturated carbocycles. The molecule has 1 unspecified atom stereocenters. The number of hydrogen-bond donors (Lipinski definition) is 2. The molecule has 10 heteroatoms. The van der Waals surface area contributed by atoms with Crippen LogP contribution in [0.1, 0.15) is 43.4 Å². The average Bonchev–Trinajstić information content (AvgIpc) is 3.29. The van der Waals surface area contributed by atoms with Gasteiger partial charge in [-0.15, -0.1) is 0 Å². The van der Waals surface area contributed by atoms with Crippen molar-refractivity contribution >= 4 is 11.9 Å². The maximum absolute atomic E-state index is 13.7. The first kappa shape index (κ1) is 26.9. The van der Waals surface area contributed by atoms with Crippen LogP contribution >= 0.6 is 0 Å². The van der Waals surface area contributed by atoms with Gasteiger partial charge in [0.05, 0.1) is 5.56 Å². The lowest BCUT2D eigenvalue weighted by atomic mass is 10.1. The number of amides is 3. The summed E-state index contributed by atoms with van der Waals surface area (Å²) in [4.78, 5) is 28.4. The molecule has 0 radical (unpaired) electrons. The van der Waals surface area contributed by atoms with E-state index < -0.39 is 29.6 Å². The molecule has 0 aromatic heterocycles. The monoisotopic (exact) mass is 483 g/mol. The van der Waals surface area contributed by atoms with E-state index in [1.165, 1.54) is 21.9 Å². The van der Waals surface area contributed by atoms with Gasteiger partial charge in [0.2, 0.25) is 5.91 Å². The number of likely N-dealkylation sites (N-methyl/N-ethyl adjacent to an activating group) is 1. The molecule has 1 atom stereocenters. The van der Waals surface area contributed by atoms with E-state index in [4.69, 9.17) is 0 Å². The number of nitrogens with zero attached hydrogens (tertiary/aromatic N) is 2. The van der Waals surface area contributed by atoms with Crippen LogP contribution in [-0.4, -0.2) is 46.5 Å². The molecule has 0 aliphatic carbocycles. The number of phenolic OH excluding ortho intramolecular Hbond substituents is 1. The van der Waals surface area contributed by atoms with Crippen molar-refractivity contribution in [1.82, 2.24) is 15.1 Å². The van der Waals surface area contributed by atoms with Gasteiger partial charge in [-0.1, -0.05) is 32.0 Å². The summed E-state index contributed by atoms with van der Waals surface area (Å²) in [6.07, 6.45) is -3.67. The number of rotatable bonds is 5. The lowest BCUT2D eigenvalue weighted by Crippen LogP contribution is -2.49. The predicted octanol–water partition coefficient (Wildman–Crippen LogP) is 4.91. The van der Waals surface area contributed by atoms with Gasteiger partial charge in [0.1, 0.15) is 17.6 Å². The molecule has 1 fully saturated rings. The summed E-state index contributed by atoms with van der Waals surface area (Å²) in [6, 6.07) is 7.70. The van der Waals surface area contributed by atoms with Gasteiger partial charge in [-0.25, -0.2) is 9.18 Å². The summed E-state index contributed by atoms with van der Waals surface area (Å²) >= 11 is 0. The molecular formula is C24H29F4N3O3. The molecule has 2 N–H and O–H groups in total. The third-order valence-corrected chi connectivity index (χ3v) is 5.31. The molecule has 34 heavy (non-hydrogen) atoms. The lowest BCUT2D eigenvalue weighted by molar-refractivity contribution is -0.140. The Morgan fingerprint density at radius 2 is 1.74 bits per heavy atom. The highest BCUT2D eigenvalue weighted by Crippen LogP contribution is 2.31. The zero-order valence-corrected chi connectivity index (χ0v) is 19.3. The van der Waals surface area contributed by atoms with E-state index >= 15 is 0 Å². The van der Waals surface area contributed by atoms with Gasteiger partial charge in [-0.3, -0.25) is 4.79 Å². The van der Waals surface area contributed by atoms with Crippen molar-refractivity contribution in [3.8, 4) is 5.75 Å². The number of hydrogen-bond acceptors (Lipinski definition) is 3. The highest BCUT2D eigenvalue weighted by Gasteiger charge is 2.36. The van der Waals surface area contributed by atoms with Crippen LogP contribution in [0.5, 0.6) is 5.75 Å². The van der Waals surface area contributed by atoms with Gasteiger partial charge in [0, 0.05) is 26.7 Å². The minimum absolute atomic E-state index is 0.120. The zero-order chi connectivity index (χ0) is 25.5. The Morgan fingerprint density at radius 1 is 1.12 bits per heavy atom. The summed E-state index contributed by atoms with van der Waals surface area (Å²) in [5, 5.41) is 11.9. The lowest BCUT2D eigenvalue weighted by Gasteiger charge is -2.28. The molecule has 186 valence electrons. The third kappa shape index (κ3) is 6.85. The largest absolute Gasteiger partial charge is 0.508 e. The molecule has 1 heterocycles. The first-order valence-electron chi connectivity index (χ1n) is 11.0. The number of likely N-dealkylation sites (tertiary alicyclic amines) is 1. The molecule has 0 bridgehead atoms. The van der Waals surface area contributed by atoms with E-state index in [0.717, 1.165) is 17.7 Å². The first-order valence-corrected chi connectivity index (χ1v) is 11.0. The van der Waals surface area contributed by atoms with Crippen LogP contribution in [0.2, 0.25) is 0 Å². The number of benzene rings is 2. The van der Waals surface area contributed by atoms with Gasteiger partial charge in [-0.2, -0.15) is 13.2 Å². The summed E-state index contributed by atoms with van der Waals surface area (Å²) in [6.45, 7) is 4.49. The smallest absolute Gasteiger partial charge is 0.419 e. The molecule has 2 aromatic rings. The van der Waals surface area contributed by atoms with Gasteiger partial charge in [0.25, 0.3) is 0 Å². The van der Waals surface area contributed by atoms with Crippen LogP contribution in [0.3, 0.4) is 0 Å². The fourth-order valence-electron chi connectivity index (χ4n) is 3.65. The molecule has 2 aromatic carbocycles. The SMILES string of the molecule is CC.CN(Cc1ccc(O)cc1)C(=O)C1CCCN1C(=O)NCc1ccc(C(F)(F)F)c(F)c1. The van der Waals surface area contributed by atoms with E-state index in [0.29, 0.717) is 32.0 Å². The number of nitrogens with one attached hydrogen (secondary N) is 1. The number of halogens is 4. The molecule has 0 spiro atoms. The minimum Gasteiger partial charge on any atom is -0.508 e. The van der Waals surface area contributed by atoms with Crippen LogP contribution in [-0.2, 0) is 24.1 Å². The van der Waals surface area contributed by atoms with Crippen molar-refractivity contribution < 1.29 is 32.3 Å². The maximum atomic E-state index is 13.7. The van der Waals surface area contributed by atoms with E-state index in [1.54, 1.807) is 19.2 Å². The molecule has 1 saturated heterocycles. The zero-order valence-electron chi connectivity index (χ0n) is 19.3. The Morgan fingerprint density at radius 3 is 2.32 bits per heavy atom. The summed E-state index contributed by atoms with van der Waals surface area (Å²) in [5.41, 5.74) is -0.373. The normalized spacial score (nSPS) is 15.4. The predicted molar refractivity (Wildman–Crippen MR) is 119 cm³/mol. The van der Waals surface area contributed by atoms with Crippen molar-refractivity contribution in [3.05, 3.63) is 65.0 Å².